The number of hydrogen-bond acceptors (Lipinski definition) is 22. The molecule has 0 amide bonds. The number of ether oxygens (including phenoxy) is 11. The Morgan fingerprint density at radius 1 is 0.382 bits per heavy atom. The highest BCUT2D eigenvalue weighted by molar-refractivity contribution is 4.70. The van der Waals surface area contributed by atoms with Gasteiger partial charge in [0.15, 0.2) is 0 Å². The second-order valence-corrected chi connectivity index (χ2v) is 12.8. The Morgan fingerprint density at radius 2 is 0.764 bits per heavy atom. The van der Waals surface area contributed by atoms with E-state index in [0.717, 1.165) is 0 Å². The van der Waals surface area contributed by atoms with Crippen LogP contribution in [0.15, 0.2) is 0 Å². The summed E-state index contributed by atoms with van der Waals surface area (Å²) in [5.41, 5.74) is 0. The molecule has 22 nitrogen and oxygen atoms in total. The van der Waals surface area contributed by atoms with Crippen molar-refractivity contribution >= 4 is 0 Å². The number of aliphatic hydroxyl groups excluding tert-OH is 11. The molecule has 1 heterocycles. The number of hydrogen-bond donors (Lipinski definition) is 11. The van der Waals surface area contributed by atoms with E-state index < -0.39 is 100 Å². The summed E-state index contributed by atoms with van der Waals surface area (Å²) < 4.78 is 61.2. The number of aliphatic hydroxyl groups is 11. The van der Waals surface area contributed by atoms with Crippen molar-refractivity contribution in [3.05, 3.63) is 0 Å². The van der Waals surface area contributed by atoms with E-state index in [2.05, 4.69) is 0 Å². The van der Waals surface area contributed by atoms with Crippen LogP contribution >= 0.6 is 0 Å². The van der Waals surface area contributed by atoms with Crippen LogP contribution in [0.25, 0.3) is 0 Å². The van der Waals surface area contributed by atoms with Crippen LogP contribution in [0.4, 0.5) is 0 Å². The molecule has 0 aliphatic carbocycles. The Labute approximate surface area is 320 Å². The Balaban J connectivity index is 2.73. The van der Waals surface area contributed by atoms with Crippen LogP contribution in [0.2, 0.25) is 0 Å². The highest BCUT2D eigenvalue weighted by atomic mass is 16.6. The van der Waals surface area contributed by atoms with E-state index in [4.69, 9.17) is 72.5 Å². The summed E-state index contributed by atoms with van der Waals surface area (Å²) in [7, 11) is 0. The maximum Gasteiger partial charge on any atom is 0.105 e. The molecule has 1 saturated heterocycles. The molecule has 11 N–H and O–H groups in total. The Hall–Kier alpha value is -0.880. The van der Waals surface area contributed by atoms with Gasteiger partial charge < -0.3 is 108 Å². The van der Waals surface area contributed by atoms with Gasteiger partial charge >= 0.3 is 0 Å². The standard InChI is InChI=1S/C33H66O22/c34-1-23(40)7-45-9-25(42)10-46-11-26(43)12-49-18-33(55-30(6-39)15-47-8-24(41)2-35)19-50-17-31(54-22-32-21-52-29(5-38)20-53-32)16-48-13-27(44)14-51-28(3-36)4-37/h23-44H,1-22H2. The predicted octanol–water partition coefficient (Wildman–Crippen LogP) is -6.85. The minimum absolute atomic E-state index is 0.0483. The SMILES string of the molecule is OCC(O)COCC(O)COCC(O)COCC(COCC(COCC(O)COC(CO)CO)OCC1COC(CO)CO1)OC(CO)COCC(O)CO. The van der Waals surface area contributed by atoms with Crippen LogP contribution in [-0.4, -0.2) is 269 Å². The van der Waals surface area contributed by atoms with Crippen molar-refractivity contribution in [1.82, 2.24) is 0 Å². The Bertz CT molecular complexity index is 839. The van der Waals surface area contributed by atoms with Crippen LogP contribution < -0.4 is 0 Å². The van der Waals surface area contributed by atoms with Gasteiger partial charge in [-0.05, 0) is 0 Å². The van der Waals surface area contributed by atoms with Gasteiger partial charge in [-0.25, -0.2) is 0 Å². The molecule has 55 heavy (non-hydrogen) atoms. The fraction of sp³-hybridized carbons (Fsp3) is 1.00. The largest absolute Gasteiger partial charge is 0.394 e. The van der Waals surface area contributed by atoms with Gasteiger partial charge in [-0.3, -0.25) is 0 Å². The summed E-state index contributed by atoms with van der Waals surface area (Å²) >= 11 is 0. The molecule has 1 rings (SSSR count). The lowest BCUT2D eigenvalue weighted by Crippen LogP contribution is -2.42. The topological polar surface area (TPSA) is 324 Å². The first kappa shape index (κ1) is 52.1. The van der Waals surface area contributed by atoms with Crippen molar-refractivity contribution in [3.8, 4) is 0 Å². The van der Waals surface area contributed by atoms with Gasteiger partial charge in [-0.15, -0.1) is 0 Å². The van der Waals surface area contributed by atoms with Gasteiger partial charge in [0.05, 0.1) is 145 Å². The van der Waals surface area contributed by atoms with Crippen molar-refractivity contribution < 1.29 is 108 Å². The minimum Gasteiger partial charge on any atom is -0.394 e. The van der Waals surface area contributed by atoms with Gasteiger partial charge in [0, 0.05) is 0 Å². The number of rotatable bonds is 38. The first-order valence-corrected chi connectivity index (χ1v) is 18.2. The van der Waals surface area contributed by atoms with E-state index in [9.17, 15) is 35.7 Å². The molecule has 0 aromatic carbocycles. The quantitative estimate of drug-likeness (QED) is 0.0276. The first-order valence-electron chi connectivity index (χ1n) is 18.2. The van der Waals surface area contributed by atoms with E-state index in [1.54, 1.807) is 0 Å². The Morgan fingerprint density at radius 3 is 1.20 bits per heavy atom. The van der Waals surface area contributed by atoms with Gasteiger partial charge in [0.2, 0.25) is 0 Å². The van der Waals surface area contributed by atoms with Gasteiger partial charge in [-0.2, -0.15) is 0 Å². The summed E-state index contributed by atoms with van der Waals surface area (Å²) in [6.45, 7) is -4.00. The molecular weight excluding hydrogens is 748 g/mol. The molecule has 0 bridgehead atoms. The van der Waals surface area contributed by atoms with Crippen molar-refractivity contribution in [2.45, 2.75) is 67.1 Å². The molecule has 330 valence electrons. The molecular formula is C33H66O22. The third kappa shape index (κ3) is 27.4. The lowest BCUT2D eigenvalue weighted by Gasteiger charge is -2.30. The normalized spacial score (nSPS) is 20.9. The molecule has 1 aliphatic heterocycles. The zero-order chi connectivity index (χ0) is 40.7. The van der Waals surface area contributed by atoms with Crippen molar-refractivity contribution in [1.29, 1.82) is 0 Å². The average molecular weight is 815 g/mol. The van der Waals surface area contributed by atoms with Crippen LogP contribution in [0, 0.1) is 0 Å². The van der Waals surface area contributed by atoms with E-state index in [0.29, 0.717) is 0 Å². The van der Waals surface area contributed by atoms with Crippen molar-refractivity contribution in [3.63, 3.8) is 0 Å². The van der Waals surface area contributed by atoms with Crippen LogP contribution in [0.1, 0.15) is 0 Å². The predicted molar refractivity (Wildman–Crippen MR) is 185 cm³/mol. The lowest BCUT2D eigenvalue weighted by molar-refractivity contribution is -0.177. The van der Waals surface area contributed by atoms with Gasteiger partial charge in [0.25, 0.3) is 0 Å². The summed E-state index contributed by atoms with van der Waals surface area (Å²) in [5, 5.41) is 105. The highest BCUT2D eigenvalue weighted by Gasteiger charge is 2.25. The Kier molecular flexibility index (Phi) is 32.3. The molecule has 10 atom stereocenters. The minimum atomic E-state index is -1.12. The molecule has 22 heteroatoms. The fourth-order valence-corrected chi connectivity index (χ4v) is 4.38. The third-order valence-corrected chi connectivity index (χ3v) is 7.39. The highest BCUT2D eigenvalue weighted by Crippen LogP contribution is 2.10. The molecule has 1 fully saturated rings. The second-order valence-electron chi connectivity index (χ2n) is 12.8. The third-order valence-electron chi connectivity index (χ3n) is 7.39. The monoisotopic (exact) mass is 814 g/mol. The smallest absolute Gasteiger partial charge is 0.105 e. The molecule has 10 unspecified atom stereocenters. The molecule has 0 aromatic heterocycles. The van der Waals surface area contributed by atoms with E-state index >= 15 is 0 Å². The van der Waals surface area contributed by atoms with E-state index in [1.807, 2.05) is 0 Å². The van der Waals surface area contributed by atoms with Crippen LogP contribution in [0.3, 0.4) is 0 Å². The second kappa shape index (κ2) is 34.0. The molecule has 0 saturated carbocycles. The summed E-state index contributed by atoms with van der Waals surface area (Å²) in [5.74, 6) is 0. The lowest BCUT2D eigenvalue weighted by atomic mass is 10.3. The van der Waals surface area contributed by atoms with E-state index in [-0.39, 0.29) is 112 Å². The average Bonchev–Trinajstić information content (AvgIpc) is 3.19. The summed E-state index contributed by atoms with van der Waals surface area (Å²) in [6, 6.07) is 0. The van der Waals surface area contributed by atoms with E-state index in [1.165, 1.54) is 0 Å². The van der Waals surface area contributed by atoms with Gasteiger partial charge in [-0.1, -0.05) is 0 Å². The molecule has 0 aromatic rings. The molecule has 0 radical (unpaired) electrons. The summed E-state index contributed by atoms with van der Waals surface area (Å²) in [4.78, 5) is 0. The maximum absolute atomic E-state index is 10.3. The summed E-state index contributed by atoms with van der Waals surface area (Å²) in [6.07, 6.45) is -9.53. The zero-order valence-electron chi connectivity index (χ0n) is 31.3. The van der Waals surface area contributed by atoms with Crippen molar-refractivity contribution in [2.24, 2.45) is 0 Å². The maximum atomic E-state index is 10.3. The molecule has 0 spiro atoms. The van der Waals surface area contributed by atoms with Crippen LogP contribution in [-0.2, 0) is 52.1 Å². The zero-order valence-corrected chi connectivity index (χ0v) is 31.3. The van der Waals surface area contributed by atoms with Crippen LogP contribution in [0.5, 0.6) is 0 Å². The first-order chi connectivity index (χ1) is 26.6. The van der Waals surface area contributed by atoms with Crippen molar-refractivity contribution in [2.75, 3.05) is 145 Å². The molecule has 1 aliphatic rings. The fourth-order valence-electron chi connectivity index (χ4n) is 4.38. The van der Waals surface area contributed by atoms with Gasteiger partial charge in [0.1, 0.15) is 67.1 Å².